The summed E-state index contributed by atoms with van der Waals surface area (Å²) >= 11 is 0. The Morgan fingerprint density at radius 3 is 2.71 bits per heavy atom. The molecule has 0 atom stereocenters. The molecule has 0 unspecified atom stereocenters. The predicted octanol–water partition coefficient (Wildman–Crippen LogP) is 0.199. The first kappa shape index (κ1) is 11.5. The smallest absolute Gasteiger partial charge is 0.390 e. The second-order valence-corrected chi connectivity index (χ2v) is 3.94. The van der Waals surface area contributed by atoms with Crippen molar-refractivity contribution in [2.45, 2.75) is 25.8 Å². The van der Waals surface area contributed by atoms with Gasteiger partial charge >= 0.3 is 5.95 Å². The fraction of sp³-hybridized carbons (Fsp3) is 0.667. The maximum Gasteiger partial charge on any atom is 0.490 e. The van der Waals surface area contributed by atoms with Gasteiger partial charge in [-0.25, -0.2) is 0 Å². The van der Waals surface area contributed by atoms with Crippen LogP contribution in [0.15, 0.2) is 6.33 Å². The molecule has 0 saturated carbocycles. The summed E-state index contributed by atoms with van der Waals surface area (Å²) in [6.07, 6.45) is 4.39. The first-order valence-electron chi connectivity index (χ1n) is 5.48. The van der Waals surface area contributed by atoms with E-state index in [1.807, 2.05) is 0 Å². The van der Waals surface area contributed by atoms with E-state index in [1.165, 1.54) is 11.0 Å². The van der Waals surface area contributed by atoms with E-state index < -0.39 is 10.9 Å². The Morgan fingerprint density at radius 1 is 1.41 bits per heavy atom. The molecule has 2 rings (SSSR count). The number of hydrogen-bond donors (Lipinski definition) is 0. The van der Waals surface area contributed by atoms with Crippen LogP contribution >= 0.6 is 0 Å². The van der Waals surface area contributed by atoms with Crippen LogP contribution < -0.4 is 0 Å². The number of carbonyl (C=O) groups excluding carboxylic acids is 1. The van der Waals surface area contributed by atoms with Crippen LogP contribution in [0.3, 0.4) is 0 Å². The van der Waals surface area contributed by atoms with Crippen LogP contribution in [0.25, 0.3) is 0 Å². The van der Waals surface area contributed by atoms with Crippen LogP contribution in [-0.4, -0.2) is 43.6 Å². The fourth-order valence-corrected chi connectivity index (χ4v) is 1.83. The summed E-state index contributed by atoms with van der Waals surface area (Å²) in [4.78, 5) is 26.8. The van der Waals surface area contributed by atoms with Crippen molar-refractivity contribution < 1.29 is 9.72 Å². The second kappa shape index (κ2) is 4.89. The van der Waals surface area contributed by atoms with E-state index in [1.54, 1.807) is 4.90 Å². The van der Waals surface area contributed by atoms with Crippen LogP contribution in [-0.2, 0) is 11.3 Å². The molecule has 1 aromatic rings. The number of piperidine rings is 1. The molecule has 2 heterocycles. The van der Waals surface area contributed by atoms with Crippen molar-refractivity contribution in [2.24, 2.45) is 0 Å². The van der Waals surface area contributed by atoms with E-state index in [4.69, 9.17) is 0 Å². The third-order valence-electron chi connectivity index (χ3n) is 2.69. The SMILES string of the molecule is O=C(Cn1cnc([N+](=O)[O-])n1)N1CCCCC1. The van der Waals surface area contributed by atoms with Crippen LogP contribution in [0.4, 0.5) is 5.95 Å². The molecule has 0 aromatic carbocycles. The number of likely N-dealkylation sites (tertiary alicyclic amines) is 1. The van der Waals surface area contributed by atoms with E-state index in [9.17, 15) is 14.9 Å². The molecule has 8 heteroatoms. The zero-order valence-corrected chi connectivity index (χ0v) is 9.28. The number of nitro groups is 1. The third kappa shape index (κ3) is 2.77. The zero-order valence-electron chi connectivity index (χ0n) is 9.28. The second-order valence-electron chi connectivity index (χ2n) is 3.94. The Labute approximate surface area is 97.4 Å². The van der Waals surface area contributed by atoms with Crippen molar-refractivity contribution in [1.82, 2.24) is 19.7 Å². The molecule has 17 heavy (non-hydrogen) atoms. The molecule has 1 aliphatic rings. The number of aromatic nitrogens is 3. The summed E-state index contributed by atoms with van der Waals surface area (Å²) in [6, 6.07) is 0. The van der Waals surface area contributed by atoms with Crippen molar-refractivity contribution in [3.8, 4) is 0 Å². The molecule has 1 fully saturated rings. The van der Waals surface area contributed by atoms with Gasteiger partial charge in [0.1, 0.15) is 6.54 Å². The van der Waals surface area contributed by atoms with Gasteiger partial charge in [0, 0.05) is 18.2 Å². The normalized spacial score (nSPS) is 15.9. The van der Waals surface area contributed by atoms with E-state index in [0.717, 1.165) is 32.4 Å². The maximum absolute atomic E-state index is 11.8. The van der Waals surface area contributed by atoms with E-state index >= 15 is 0 Å². The molecule has 0 aliphatic carbocycles. The van der Waals surface area contributed by atoms with Crippen molar-refractivity contribution in [1.29, 1.82) is 0 Å². The van der Waals surface area contributed by atoms with E-state index in [0.29, 0.717) is 0 Å². The van der Waals surface area contributed by atoms with Gasteiger partial charge in [-0.15, -0.1) is 0 Å². The molecule has 92 valence electrons. The van der Waals surface area contributed by atoms with Gasteiger partial charge in [0.2, 0.25) is 12.2 Å². The zero-order chi connectivity index (χ0) is 12.3. The molecule has 1 saturated heterocycles. The summed E-state index contributed by atoms with van der Waals surface area (Å²) in [5, 5.41) is 14.0. The number of amides is 1. The maximum atomic E-state index is 11.8. The van der Waals surface area contributed by atoms with Crippen LogP contribution in [0.1, 0.15) is 19.3 Å². The minimum Gasteiger partial charge on any atom is -0.390 e. The third-order valence-corrected chi connectivity index (χ3v) is 2.69. The summed E-state index contributed by atoms with van der Waals surface area (Å²) in [5.74, 6) is -0.541. The topological polar surface area (TPSA) is 94.2 Å². The Balaban J connectivity index is 1.94. The molecule has 1 amide bonds. The lowest BCUT2D eigenvalue weighted by Gasteiger charge is -2.26. The van der Waals surface area contributed by atoms with Crippen molar-refractivity contribution in [2.75, 3.05) is 13.1 Å². The Hall–Kier alpha value is -1.99. The highest BCUT2D eigenvalue weighted by Gasteiger charge is 2.20. The van der Waals surface area contributed by atoms with Gasteiger partial charge in [-0.05, 0) is 24.2 Å². The molecule has 0 bridgehead atoms. The van der Waals surface area contributed by atoms with Gasteiger partial charge in [0.25, 0.3) is 0 Å². The average Bonchev–Trinajstić information content (AvgIpc) is 2.79. The van der Waals surface area contributed by atoms with E-state index in [-0.39, 0.29) is 12.5 Å². The molecule has 8 nitrogen and oxygen atoms in total. The lowest BCUT2D eigenvalue weighted by molar-refractivity contribution is -0.394. The first-order valence-corrected chi connectivity index (χ1v) is 5.48. The Bertz CT molecular complexity index is 424. The number of carbonyl (C=O) groups is 1. The molecular weight excluding hydrogens is 226 g/mol. The van der Waals surface area contributed by atoms with Gasteiger partial charge in [0.15, 0.2) is 0 Å². The first-order chi connectivity index (χ1) is 8.16. The minimum absolute atomic E-state index is 0.0147. The monoisotopic (exact) mass is 239 g/mol. The molecule has 1 aromatic heterocycles. The number of rotatable bonds is 3. The predicted molar refractivity (Wildman–Crippen MR) is 57.1 cm³/mol. The average molecular weight is 239 g/mol. The van der Waals surface area contributed by atoms with Gasteiger partial charge < -0.3 is 15.0 Å². The van der Waals surface area contributed by atoms with Gasteiger partial charge in [-0.3, -0.25) is 4.79 Å². The minimum atomic E-state index is -0.679. The lowest BCUT2D eigenvalue weighted by atomic mass is 10.1. The summed E-state index contributed by atoms with van der Waals surface area (Å²) < 4.78 is 1.20. The van der Waals surface area contributed by atoms with Crippen molar-refractivity contribution >= 4 is 11.9 Å². The molecule has 0 spiro atoms. The Kier molecular flexibility index (Phi) is 3.31. The number of nitrogens with zero attached hydrogens (tertiary/aromatic N) is 5. The van der Waals surface area contributed by atoms with Gasteiger partial charge in [-0.2, -0.15) is 4.68 Å². The quantitative estimate of drug-likeness (QED) is 0.554. The fourth-order valence-electron chi connectivity index (χ4n) is 1.83. The molecule has 0 radical (unpaired) electrons. The number of hydrogen-bond acceptors (Lipinski definition) is 5. The molecule has 1 aliphatic heterocycles. The highest BCUT2D eigenvalue weighted by atomic mass is 16.6. The van der Waals surface area contributed by atoms with Gasteiger partial charge in [-0.1, -0.05) is 4.98 Å². The van der Waals surface area contributed by atoms with Crippen LogP contribution in [0.5, 0.6) is 0 Å². The van der Waals surface area contributed by atoms with Crippen molar-refractivity contribution in [3.63, 3.8) is 0 Å². The van der Waals surface area contributed by atoms with Crippen LogP contribution in [0.2, 0.25) is 0 Å². The summed E-state index contributed by atoms with van der Waals surface area (Å²) in [5.41, 5.74) is 0. The van der Waals surface area contributed by atoms with Crippen LogP contribution in [0, 0.1) is 10.1 Å². The summed E-state index contributed by atoms with van der Waals surface area (Å²) in [7, 11) is 0. The highest BCUT2D eigenvalue weighted by molar-refractivity contribution is 5.75. The lowest BCUT2D eigenvalue weighted by Crippen LogP contribution is -2.37. The standard InChI is InChI=1S/C9H13N5O3/c15-8(12-4-2-1-3-5-12)6-13-7-10-9(11-13)14(16)17/h7H,1-6H2. The van der Waals surface area contributed by atoms with Crippen molar-refractivity contribution in [3.05, 3.63) is 16.4 Å². The van der Waals surface area contributed by atoms with Gasteiger partial charge in [0.05, 0.1) is 0 Å². The summed E-state index contributed by atoms with van der Waals surface area (Å²) in [6.45, 7) is 1.53. The molecule has 0 N–H and O–H groups in total. The molecular formula is C9H13N5O3. The van der Waals surface area contributed by atoms with E-state index in [2.05, 4.69) is 10.1 Å². The highest BCUT2D eigenvalue weighted by Crippen LogP contribution is 2.09. The largest absolute Gasteiger partial charge is 0.490 e. The Morgan fingerprint density at radius 2 is 2.12 bits per heavy atom.